The number of H-pyrrole nitrogens is 2. The van der Waals surface area contributed by atoms with E-state index in [9.17, 15) is 4.79 Å². The average molecular weight is 215 g/mol. The van der Waals surface area contributed by atoms with Crippen molar-refractivity contribution in [3.8, 4) is 11.3 Å². The number of benzene rings is 1. The molecule has 0 radical (unpaired) electrons. The molecule has 4 N–H and O–H groups in total. The van der Waals surface area contributed by atoms with Crippen molar-refractivity contribution in [1.82, 2.24) is 9.97 Å². The van der Waals surface area contributed by atoms with Gasteiger partial charge in [0.2, 0.25) is 0 Å². The smallest absolute Gasteiger partial charge is 0.321 e. The van der Waals surface area contributed by atoms with E-state index in [-0.39, 0.29) is 11.2 Å². The van der Waals surface area contributed by atoms with E-state index in [0.29, 0.717) is 0 Å². The molecule has 0 saturated heterocycles. The lowest BCUT2D eigenvalue weighted by atomic mass is 9.97. The number of nitrogens with one attached hydrogen (secondary N) is 2. The highest BCUT2D eigenvalue weighted by Gasteiger charge is 2.41. The number of imidazole rings is 1. The summed E-state index contributed by atoms with van der Waals surface area (Å²) in [6, 6.07) is 7.96. The molecular formula is C12H13N3O. The van der Waals surface area contributed by atoms with Gasteiger partial charge in [-0.25, -0.2) is 4.79 Å². The second-order valence-corrected chi connectivity index (χ2v) is 4.36. The Morgan fingerprint density at radius 2 is 2.00 bits per heavy atom. The van der Waals surface area contributed by atoms with Crippen molar-refractivity contribution in [3.05, 3.63) is 46.5 Å². The minimum absolute atomic E-state index is 0.188. The van der Waals surface area contributed by atoms with Crippen LogP contribution < -0.4 is 11.4 Å². The molecule has 1 saturated carbocycles. The van der Waals surface area contributed by atoms with Crippen LogP contribution in [0.1, 0.15) is 18.4 Å². The van der Waals surface area contributed by atoms with Gasteiger partial charge in [0.25, 0.3) is 0 Å². The predicted molar refractivity (Wildman–Crippen MR) is 61.9 cm³/mol. The zero-order chi connectivity index (χ0) is 11.2. The van der Waals surface area contributed by atoms with Crippen molar-refractivity contribution in [1.29, 1.82) is 0 Å². The molecule has 0 atom stereocenters. The maximum absolute atomic E-state index is 11.1. The zero-order valence-electron chi connectivity index (χ0n) is 8.79. The van der Waals surface area contributed by atoms with Crippen molar-refractivity contribution < 1.29 is 0 Å². The zero-order valence-corrected chi connectivity index (χ0v) is 8.79. The van der Waals surface area contributed by atoms with Gasteiger partial charge in [-0.2, -0.15) is 0 Å². The summed E-state index contributed by atoms with van der Waals surface area (Å²) in [4.78, 5) is 16.5. The molecule has 0 amide bonds. The molecule has 16 heavy (non-hydrogen) atoms. The molecule has 1 aromatic heterocycles. The SMILES string of the molecule is NC1(c2ccccc2-c2c[nH]c(=O)[nH]2)CC1. The lowest BCUT2D eigenvalue weighted by molar-refractivity contribution is 0.742. The minimum atomic E-state index is -0.190. The van der Waals surface area contributed by atoms with Gasteiger partial charge in [0.1, 0.15) is 0 Å². The van der Waals surface area contributed by atoms with Crippen LogP contribution in [-0.4, -0.2) is 9.97 Å². The van der Waals surface area contributed by atoms with E-state index >= 15 is 0 Å². The van der Waals surface area contributed by atoms with E-state index in [0.717, 1.165) is 29.7 Å². The molecule has 1 fully saturated rings. The highest BCUT2D eigenvalue weighted by atomic mass is 16.1. The molecule has 0 unspecified atom stereocenters. The lowest BCUT2D eigenvalue weighted by Gasteiger charge is -2.13. The molecule has 0 bridgehead atoms. The van der Waals surface area contributed by atoms with Gasteiger partial charge in [-0.15, -0.1) is 0 Å². The maximum Gasteiger partial charge on any atom is 0.323 e. The number of aromatic amines is 2. The van der Waals surface area contributed by atoms with E-state index < -0.39 is 0 Å². The van der Waals surface area contributed by atoms with Gasteiger partial charge in [-0.1, -0.05) is 24.3 Å². The Morgan fingerprint density at radius 1 is 1.25 bits per heavy atom. The van der Waals surface area contributed by atoms with Crippen LogP contribution in [0.15, 0.2) is 35.3 Å². The van der Waals surface area contributed by atoms with E-state index in [1.807, 2.05) is 24.3 Å². The fourth-order valence-electron chi connectivity index (χ4n) is 2.03. The number of hydrogen-bond donors (Lipinski definition) is 3. The van der Waals surface area contributed by atoms with Gasteiger partial charge in [-0.05, 0) is 18.4 Å². The Kier molecular flexibility index (Phi) is 1.82. The standard InChI is InChI=1S/C12H13N3O/c13-12(5-6-12)9-4-2-1-3-8(9)10-7-14-11(16)15-10/h1-4,7H,5-6,13H2,(H2,14,15,16). The monoisotopic (exact) mass is 215 g/mol. The summed E-state index contributed by atoms with van der Waals surface area (Å²) in [6.07, 6.45) is 3.71. The summed E-state index contributed by atoms with van der Waals surface area (Å²) in [6.45, 7) is 0. The topological polar surface area (TPSA) is 74.7 Å². The van der Waals surface area contributed by atoms with Gasteiger partial charge < -0.3 is 15.7 Å². The van der Waals surface area contributed by atoms with E-state index in [1.165, 1.54) is 0 Å². The minimum Gasteiger partial charge on any atom is -0.321 e. The van der Waals surface area contributed by atoms with Crippen LogP contribution in [0.3, 0.4) is 0 Å². The largest absolute Gasteiger partial charge is 0.323 e. The van der Waals surface area contributed by atoms with Gasteiger partial charge in [0.05, 0.1) is 5.69 Å². The van der Waals surface area contributed by atoms with Crippen molar-refractivity contribution >= 4 is 0 Å². The Labute approximate surface area is 92.5 Å². The molecule has 4 nitrogen and oxygen atoms in total. The molecule has 1 aliphatic rings. The Balaban J connectivity index is 2.17. The third-order valence-corrected chi connectivity index (χ3v) is 3.14. The molecule has 0 aliphatic heterocycles. The van der Waals surface area contributed by atoms with E-state index in [1.54, 1.807) is 6.20 Å². The highest BCUT2D eigenvalue weighted by molar-refractivity contribution is 5.65. The van der Waals surface area contributed by atoms with Crippen LogP contribution in [0, 0.1) is 0 Å². The quantitative estimate of drug-likeness (QED) is 0.706. The van der Waals surface area contributed by atoms with Crippen molar-refractivity contribution in [3.63, 3.8) is 0 Å². The number of nitrogens with two attached hydrogens (primary N) is 1. The van der Waals surface area contributed by atoms with Crippen molar-refractivity contribution in [2.24, 2.45) is 5.73 Å². The fraction of sp³-hybridized carbons (Fsp3) is 0.250. The Morgan fingerprint density at radius 3 is 2.62 bits per heavy atom. The van der Waals surface area contributed by atoms with E-state index in [4.69, 9.17) is 5.73 Å². The average Bonchev–Trinajstić information content (AvgIpc) is 2.89. The van der Waals surface area contributed by atoms with Crippen LogP contribution in [0.25, 0.3) is 11.3 Å². The third kappa shape index (κ3) is 1.39. The molecule has 1 heterocycles. The molecule has 1 aliphatic carbocycles. The fourth-order valence-corrected chi connectivity index (χ4v) is 2.03. The van der Waals surface area contributed by atoms with Gasteiger partial charge >= 0.3 is 5.69 Å². The summed E-state index contributed by atoms with van der Waals surface area (Å²) < 4.78 is 0. The van der Waals surface area contributed by atoms with E-state index in [2.05, 4.69) is 9.97 Å². The van der Waals surface area contributed by atoms with Crippen molar-refractivity contribution in [2.45, 2.75) is 18.4 Å². The molecule has 82 valence electrons. The second kappa shape index (κ2) is 3.09. The van der Waals surface area contributed by atoms with Crippen LogP contribution in [0.5, 0.6) is 0 Å². The molecular weight excluding hydrogens is 202 g/mol. The molecule has 1 aromatic carbocycles. The van der Waals surface area contributed by atoms with Crippen LogP contribution >= 0.6 is 0 Å². The van der Waals surface area contributed by atoms with Crippen molar-refractivity contribution in [2.75, 3.05) is 0 Å². The first-order chi connectivity index (χ1) is 7.69. The normalized spacial score (nSPS) is 17.3. The van der Waals surface area contributed by atoms with Gasteiger partial charge in [0.15, 0.2) is 0 Å². The predicted octanol–water partition coefficient (Wildman–Crippen LogP) is 1.32. The number of hydrogen-bond acceptors (Lipinski definition) is 2. The Hall–Kier alpha value is -1.81. The summed E-state index contributed by atoms with van der Waals surface area (Å²) in [5, 5.41) is 0. The third-order valence-electron chi connectivity index (χ3n) is 3.14. The first kappa shape index (κ1) is 9.42. The first-order valence-corrected chi connectivity index (χ1v) is 5.35. The molecule has 2 aromatic rings. The summed E-state index contributed by atoms with van der Waals surface area (Å²) >= 11 is 0. The molecule has 0 spiro atoms. The second-order valence-electron chi connectivity index (χ2n) is 4.36. The number of rotatable bonds is 2. The number of aromatic nitrogens is 2. The van der Waals surface area contributed by atoms with Crippen LogP contribution in [0.4, 0.5) is 0 Å². The van der Waals surface area contributed by atoms with Crippen LogP contribution in [-0.2, 0) is 5.54 Å². The molecule has 4 heteroatoms. The summed E-state index contributed by atoms with van der Waals surface area (Å²) in [5.41, 5.74) is 8.77. The summed E-state index contributed by atoms with van der Waals surface area (Å²) in [5.74, 6) is 0. The Bertz CT molecular complexity index is 578. The first-order valence-electron chi connectivity index (χ1n) is 5.35. The maximum atomic E-state index is 11.1. The van der Waals surface area contributed by atoms with Crippen LogP contribution in [0.2, 0.25) is 0 Å². The lowest BCUT2D eigenvalue weighted by Crippen LogP contribution is -2.19. The summed E-state index contributed by atoms with van der Waals surface area (Å²) in [7, 11) is 0. The van der Waals surface area contributed by atoms with Gasteiger partial charge in [-0.3, -0.25) is 0 Å². The van der Waals surface area contributed by atoms with Gasteiger partial charge in [0, 0.05) is 17.3 Å². The molecule has 3 rings (SSSR count). The highest BCUT2D eigenvalue weighted by Crippen LogP contribution is 2.45.